The third kappa shape index (κ3) is 1.87. The molecule has 1 rings (SSSR count). The summed E-state index contributed by atoms with van der Waals surface area (Å²) in [6.07, 6.45) is 2.81. The molecule has 1 aliphatic heterocycles. The molecular weight excluding hydrogens is 158 g/mol. The largest absolute Gasteiger partial charge is 0.302 e. The quantitative estimate of drug-likeness (QED) is 0.404. The standard InChI is InChI=1S/C8H11NOS/c1-6-3-4-8(11)9(5-6)7(2)10/h3H,4-5H2,1-2H3. The SMILES string of the molecule is CC(=O)N1CC(C)=CCC1=S. The van der Waals surface area contributed by atoms with Crippen LogP contribution in [-0.2, 0) is 4.79 Å². The van der Waals surface area contributed by atoms with Crippen LogP contribution in [0.1, 0.15) is 20.3 Å². The molecule has 1 aliphatic rings. The van der Waals surface area contributed by atoms with Crippen LogP contribution >= 0.6 is 12.2 Å². The van der Waals surface area contributed by atoms with Crippen LogP contribution < -0.4 is 0 Å². The molecule has 60 valence electrons. The Morgan fingerprint density at radius 1 is 1.73 bits per heavy atom. The fraction of sp³-hybridized carbons (Fsp3) is 0.500. The summed E-state index contributed by atoms with van der Waals surface area (Å²) in [5.74, 6) is 0.0439. The van der Waals surface area contributed by atoms with Gasteiger partial charge in [0.2, 0.25) is 5.91 Å². The van der Waals surface area contributed by atoms with Gasteiger partial charge in [-0.1, -0.05) is 23.9 Å². The van der Waals surface area contributed by atoms with Crippen molar-refractivity contribution in [3.63, 3.8) is 0 Å². The van der Waals surface area contributed by atoms with Crippen LogP contribution in [0.15, 0.2) is 11.6 Å². The molecule has 0 aromatic carbocycles. The Labute approximate surface area is 71.9 Å². The molecule has 0 bridgehead atoms. The smallest absolute Gasteiger partial charge is 0.224 e. The third-order valence-electron chi connectivity index (χ3n) is 1.71. The van der Waals surface area contributed by atoms with Crippen LogP contribution in [0.5, 0.6) is 0 Å². The molecule has 3 heteroatoms. The van der Waals surface area contributed by atoms with Crippen molar-refractivity contribution in [3.8, 4) is 0 Å². The molecule has 2 nitrogen and oxygen atoms in total. The third-order valence-corrected chi connectivity index (χ3v) is 2.10. The van der Waals surface area contributed by atoms with E-state index in [2.05, 4.69) is 6.08 Å². The first-order chi connectivity index (χ1) is 5.11. The predicted molar refractivity (Wildman–Crippen MR) is 48.4 cm³/mol. The molecule has 0 atom stereocenters. The minimum absolute atomic E-state index is 0.0439. The lowest BCUT2D eigenvalue weighted by molar-refractivity contribution is -0.124. The van der Waals surface area contributed by atoms with Gasteiger partial charge >= 0.3 is 0 Å². The fourth-order valence-electron chi connectivity index (χ4n) is 1.06. The summed E-state index contributed by atoms with van der Waals surface area (Å²) < 4.78 is 0. The lowest BCUT2D eigenvalue weighted by Crippen LogP contribution is -2.37. The number of hydrogen-bond acceptors (Lipinski definition) is 2. The van der Waals surface area contributed by atoms with Crippen LogP contribution in [0.2, 0.25) is 0 Å². The van der Waals surface area contributed by atoms with Gasteiger partial charge in [-0.3, -0.25) is 4.79 Å². The predicted octanol–water partition coefficient (Wildman–Crippen LogP) is 1.51. The Bertz CT molecular complexity index is 232. The number of carbonyl (C=O) groups excluding carboxylic acids is 1. The highest BCUT2D eigenvalue weighted by molar-refractivity contribution is 7.80. The molecule has 1 heterocycles. The van der Waals surface area contributed by atoms with Crippen LogP contribution in [0, 0.1) is 0 Å². The molecular formula is C8H11NOS. The molecule has 0 aromatic rings. The maximum Gasteiger partial charge on any atom is 0.224 e. The summed E-state index contributed by atoms with van der Waals surface area (Å²) in [7, 11) is 0. The lowest BCUT2D eigenvalue weighted by atomic mass is 10.1. The van der Waals surface area contributed by atoms with Crippen molar-refractivity contribution < 1.29 is 4.79 Å². The summed E-state index contributed by atoms with van der Waals surface area (Å²) in [5, 5.41) is 0. The van der Waals surface area contributed by atoms with Crippen LogP contribution in [-0.4, -0.2) is 22.3 Å². The van der Waals surface area contributed by atoms with Gasteiger partial charge in [-0.05, 0) is 6.92 Å². The summed E-state index contributed by atoms with van der Waals surface area (Å²) >= 11 is 5.02. The number of carbonyl (C=O) groups is 1. The van der Waals surface area contributed by atoms with E-state index in [0.717, 1.165) is 11.4 Å². The number of amides is 1. The zero-order chi connectivity index (χ0) is 8.43. The minimum Gasteiger partial charge on any atom is -0.302 e. The first-order valence-corrected chi connectivity index (χ1v) is 3.98. The lowest BCUT2D eigenvalue weighted by Gasteiger charge is -2.25. The Morgan fingerprint density at radius 2 is 2.36 bits per heavy atom. The molecule has 1 amide bonds. The van der Waals surface area contributed by atoms with Crippen molar-refractivity contribution in [2.24, 2.45) is 0 Å². The van der Waals surface area contributed by atoms with E-state index in [1.54, 1.807) is 11.8 Å². The van der Waals surface area contributed by atoms with Crippen molar-refractivity contribution in [1.29, 1.82) is 0 Å². The second kappa shape index (κ2) is 3.13. The van der Waals surface area contributed by atoms with E-state index in [1.165, 1.54) is 5.57 Å². The van der Waals surface area contributed by atoms with Gasteiger partial charge in [0, 0.05) is 19.9 Å². The Kier molecular flexibility index (Phi) is 2.39. The molecule has 0 unspecified atom stereocenters. The number of nitrogens with zero attached hydrogens (tertiary/aromatic N) is 1. The number of thiocarbonyl (C=S) groups is 1. The number of hydrogen-bond donors (Lipinski definition) is 0. The summed E-state index contributed by atoms with van der Waals surface area (Å²) in [6.45, 7) is 4.23. The maximum atomic E-state index is 11.0. The zero-order valence-electron chi connectivity index (χ0n) is 6.76. The minimum atomic E-state index is 0.0439. The van der Waals surface area contributed by atoms with Crippen molar-refractivity contribution in [1.82, 2.24) is 4.90 Å². The Hall–Kier alpha value is -0.700. The molecule has 0 N–H and O–H groups in total. The highest BCUT2D eigenvalue weighted by Crippen LogP contribution is 2.11. The highest BCUT2D eigenvalue weighted by Gasteiger charge is 2.16. The van der Waals surface area contributed by atoms with E-state index >= 15 is 0 Å². The van der Waals surface area contributed by atoms with Gasteiger partial charge in [-0.2, -0.15) is 0 Å². The monoisotopic (exact) mass is 169 g/mol. The van der Waals surface area contributed by atoms with Crippen molar-refractivity contribution in [2.45, 2.75) is 20.3 Å². The van der Waals surface area contributed by atoms with E-state index in [9.17, 15) is 4.79 Å². The number of rotatable bonds is 0. The molecule has 0 aromatic heterocycles. The summed E-state index contributed by atoms with van der Waals surface area (Å²) in [4.78, 5) is 13.3. The van der Waals surface area contributed by atoms with Crippen molar-refractivity contribution in [3.05, 3.63) is 11.6 Å². The van der Waals surface area contributed by atoms with Gasteiger partial charge in [0.1, 0.15) is 0 Å². The van der Waals surface area contributed by atoms with Crippen molar-refractivity contribution >= 4 is 23.1 Å². The first-order valence-electron chi connectivity index (χ1n) is 3.58. The summed E-state index contributed by atoms with van der Waals surface area (Å²) in [5.41, 5.74) is 1.22. The highest BCUT2D eigenvalue weighted by atomic mass is 32.1. The average molecular weight is 169 g/mol. The van der Waals surface area contributed by atoms with E-state index in [0.29, 0.717) is 6.54 Å². The van der Waals surface area contributed by atoms with Gasteiger partial charge in [0.25, 0.3) is 0 Å². The molecule has 0 radical (unpaired) electrons. The van der Waals surface area contributed by atoms with E-state index < -0.39 is 0 Å². The van der Waals surface area contributed by atoms with Gasteiger partial charge in [-0.25, -0.2) is 0 Å². The Balaban J connectivity index is 2.76. The van der Waals surface area contributed by atoms with Crippen molar-refractivity contribution in [2.75, 3.05) is 6.54 Å². The van der Waals surface area contributed by atoms with Gasteiger partial charge in [-0.15, -0.1) is 0 Å². The second-order valence-electron chi connectivity index (χ2n) is 2.75. The van der Waals surface area contributed by atoms with Crippen LogP contribution in [0.3, 0.4) is 0 Å². The second-order valence-corrected chi connectivity index (χ2v) is 3.22. The van der Waals surface area contributed by atoms with Gasteiger partial charge in [0.15, 0.2) is 0 Å². The van der Waals surface area contributed by atoms with E-state index in [4.69, 9.17) is 12.2 Å². The van der Waals surface area contributed by atoms with Crippen LogP contribution in [0.4, 0.5) is 0 Å². The maximum absolute atomic E-state index is 11.0. The van der Waals surface area contributed by atoms with E-state index in [1.807, 2.05) is 6.92 Å². The Morgan fingerprint density at radius 3 is 2.82 bits per heavy atom. The molecule has 0 aliphatic carbocycles. The molecule has 0 saturated heterocycles. The zero-order valence-corrected chi connectivity index (χ0v) is 7.57. The molecule has 0 spiro atoms. The summed E-state index contributed by atoms with van der Waals surface area (Å²) in [6, 6.07) is 0. The molecule has 0 fully saturated rings. The van der Waals surface area contributed by atoms with Crippen LogP contribution in [0.25, 0.3) is 0 Å². The fourth-order valence-corrected chi connectivity index (χ4v) is 1.34. The average Bonchev–Trinajstić information content (AvgIpc) is 1.94. The molecule has 0 saturated carbocycles. The van der Waals surface area contributed by atoms with E-state index in [-0.39, 0.29) is 5.91 Å². The molecule has 11 heavy (non-hydrogen) atoms. The van der Waals surface area contributed by atoms with Gasteiger partial charge < -0.3 is 4.90 Å². The normalized spacial score (nSPS) is 18.2. The first kappa shape index (κ1) is 8.40. The topological polar surface area (TPSA) is 20.3 Å². The van der Waals surface area contributed by atoms with Gasteiger partial charge in [0.05, 0.1) is 4.99 Å².